The smallest absolute Gasteiger partial charge is 0.362 e. The van der Waals surface area contributed by atoms with Crippen LogP contribution < -0.4 is 5.32 Å². The van der Waals surface area contributed by atoms with Crippen LogP contribution >= 0.6 is 11.8 Å². The molecule has 20 heavy (non-hydrogen) atoms. The molecule has 110 valence electrons. The van der Waals surface area contributed by atoms with Crippen molar-refractivity contribution >= 4 is 16.9 Å². The zero-order valence-corrected chi connectivity index (χ0v) is 12.0. The first kappa shape index (κ1) is 15.2. The predicted molar refractivity (Wildman–Crippen MR) is 76.9 cm³/mol. The second-order valence-corrected chi connectivity index (χ2v) is 5.79. The minimum atomic E-state index is -4.30. The fraction of sp³-hybridized carbons (Fsp3) is 0.500. The van der Waals surface area contributed by atoms with Crippen molar-refractivity contribution < 1.29 is 13.2 Å². The van der Waals surface area contributed by atoms with Gasteiger partial charge in [-0.15, -0.1) is 0 Å². The van der Waals surface area contributed by atoms with E-state index in [2.05, 4.69) is 17.2 Å². The fourth-order valence-corrected chi connectivity index (χ4v) is 2.99. The quantitative estimate of drug-likeness (QED) is 0.910. The summed E-state index contributed by atoms with van der Waals surface area (Å²) in [7, 11) is 0. The van der Waals surface area contributed by atoms with Crippen molar-refractivity contribution in [1.82, 2.24) is 5.32 Å². The number of hydrogen-bond acceptors (Lipinski definition) is 2. The summed E-state index contributed by atoms with van der Waals surface area (Å²) in [5.74, 6) is 1.01. The van der Waals surface area contributed by atoms with E-state index in [1.165, 1.54) is 6.07 Å². The number of benzene rings is 1. The minimum absolute atomic E-state index is 0.273. The third-order valence-corrected chi connectivity index (χ3v) is 4.15. The standard InChI is InChI=1S/C14H17F3N2S/c1-2-12-6-7-20-13(19-12)18-9-10-4-3-5-11(8-10)14(15,16)17/h3-5,8,12H,2,6-7,9H2,1H3,(H,18,19). The predicted octanol–water partition coefficient (Wildman–Crippen LogP) is 4.07. The number of aliphatic imine (C=N–C) groups is 1. The van der Waals surface area contributed by atoms with Gasteiger partial charge in [0.1, 0.15) is 0 Å². The molecule has 1 aliphatic rings. The molecule has 1 atom stereocenters. The molecule has 1 aromatic carbocycles. The van der Waals surface area contributed by atoms with Crippen molar-refractivity contribution in [2.75, 3.05) is 5.75 Å². The van der Waals surface area contributed by atoms with Crippen LogP contribution in [0.2, 0.25) is 0 Å². The van der Waals surface area contributed by atoms with Crippen molar-refractivity contribution in [3.63, 3.8) is 0 Å². The highest BCUT2D eigenvalue weighted by Gasteiger charge is 2.30. The van der Waals surface area contributed by atoms with Gasteiger partial charge in [-0.2, -0.15) is 13.2 Å². The first-order valence-corrected chi connectivity index (χ1v) is 7.57. The van der Waals surface area contributed by atoms with E-state index in [-0.39, 0.29) is 6.54 Å². The van der Waals surface area contributed by atoms with Crippen LogP contribution in [0.25, 0.3) is 0 Å². The van der Waals surface area contributed by atoms with Gasteiger partial charge in [-0.25, -0.2) is 0 Å². The van der Waals surface area contributed by atoms with E-state index in [1.807, 2.05) is 0 Å². The molecule has 1 fully saturated rings. The Morgan fingerprint density at radius 2 is 2.20 bits per heavy atom. The van der Waals surface area contributed by atoms with E-state index in [0.717, 1.165) is 35.9 Å². The lowest BCUT2D eigenvalue weighted by molar-refractivity contribution is -0.137. The van der Waals surface area contributed by atoms with Gasteiger partial charge in [0.15, 0.2) is 5.17 Å². The third kappa shape index (κ3) is 4.16. The maximum Gasteiger partial charge on any atom is 0.416 e. The van der Waals surface area contributed by atoms with Crippen molar-refractivity contribution in [3.8, 4) is 0 Å². The molecule has 1 saturated heterocycles. The number of halogens is 3. The average Bonchev–Trinajstić information content (AvgIpc) is 2.45. The summed E-state index contributed by atoms with van der Waals surface area (Å²) in [4.78, 5) is 4.38. The van der Waals surface area contributed by atoms with E-state index >= 15 is 0 Å². The molecule has 0 aliphatic carbocycles. The SMILES string of the molecule is CCC1CCSC(=NCc2cccc(C(F)(F)F)c2)N1. The molecular weight excluding hydrogens is 285 g/mol. The summed E-state index contributed by atoms with van der Waals surface area (Å²) < 4.78 is 37.8. The molecule has 1 unspecified atom stereocenters. The molecule has 1 heterocycles. The van der Waals surface area contributed by atoms with E-state index in [4.69, 9.17) is 0 Å². The van der Waals surface area contributed by atoms with Crippen molar-refractivity contribution in [2.45, 2.75) is 38.5 Å². The topological polar surface area (TPSA) is 24.4 Å². The molecular formula is C14H17F3N2S. The number of rotatable bonds is 3. The Kier molecular flexibility index (Phi) is 4.96. The Balaban J connectivity index is 2.03. The Labute approximate surface area is 120 Å². The van der Waals surface area contributed by atoms with E-state index in [9.17, 15) is 13.2 Å². The number of alkyl halides is 3. The molecule has 1 aliphatic heterocycles. The molecule has 0 aromatic heterocycles. The van der Waals surface area contributed by atoms with Gasteiger partial charge in [0.25, 0.3) is 0 Å². The highest BCUT2D eigenvalue weighted by Crippen LogP contribution is 2.29. The highest BCUT2D eigenvalue weighted by molar-refractivity contribution is 8.13. The van der Waals surface area contributed by atoms with Crippen LogP contribution in [0.1, 0.15) is 30.9 Å². The van der Waals surface area contributed by atoms with Crippen molar-refractivity contribution in [3.05, 3.63) is 35.4 Å². The van der Waals surface area contributed by atoms with Gasteiger partial charge >= 0.3 is 6.18 Å². The Morgan fingerprint density at radius 1 is 1.40 bits per heavy atom. The molecule has 0 bridgehead atoms. The third-order valence-electron chi connectivity index (χ3n) is 3.19. The van der Waals surface area contributed by atoms with Gasteiger partial charge < -0.3 is 5.32 Å². The van der Waals surface area contributed by atoms with E-state index in [1.54, 1.807) is 17.8 Å². The maximum absolute atomic E-state index is 12.6. The number of nitrogens with zero attached hydrogens (tertiary/aromatic N) is 1. The highest BCUT2D eigenvalue weighted by atomic mass is 32.2. The van der Waals surface area contributed by atoms with Crippen molar-refractivity contribution in [2.24, 2.45) is 4.99 Å². The van der Waals surface area contributed by atoms with E-state index in [0.29, 0.717) is 11.6 Å². The van der Waals surface area contributed by atoms with Gasteiger partial charge in [-0.1, -0.05) is 30.8 Å². The second kappa shape index (κ2) is 6.52. The molecule has 2 rings (SSSR count). The summed E-state index contributed by atoms with van der Waals surface area (Å²) in [5.41, 5.74) is -0.0424. The fourth-order valence-electron chi connectivity index (χ4n) is 1.99. The summed E-state index contributed by atoms with van der Waals surface area (Å²) in [5, 5.41) is 4.14. The van der Waals surface area contributed by atoms with Gasteiger partial charge in [0.05, 0.1) is 12.1 Å². The molecule has 2 nitrogen and oxygen atoms in total. The Hall–Kier alpha value is -1.17. The van der Waals surface area contributed by atoms with Crippen LogP contribution in [0.4, 0.5) is 13.2 Å². The monoisotopic (exact) mass is 302 g/mol. The molecule has 0 spiro atoms. The number of nitrogens with one attached hydrogen (secondary N) is 1. The summed E-state index contributed by atoms with van der Waals surface area (Å²) in [6.45, 7) is 2.38. The van der Waals surface area contributed by atoms with Crippen molar-refractivity contribution in [1.29, 1.82) is 0 Å². The largest absolute Gasteiger partial charge is 0.416 e. The van der Waals surface area contributed by atoms with Crippen LogP contribution in [0, 0.1) is 0 Å². The number of thioether (sulfide) groups is 1. The Bertz CT molecular complexity index is 486. The lowest BCUT2D eigenvalue weighted by atomic mass is 10.1. The molecule has 0 amide bonds. The second-order valence-electron chi connectivity index (χ2n) is 4.71. The molecule has 6 heteroatoms. The minimum Gasteiger partial charge on any atom is -0.362 e. The zero-order chi connectivity index (χ0) is 14.6. The number of hydrogen-bond donors (Lipinski definition) is 1. The lowest BCUT2D eigenvalue weighted by Gasteiger charge is -2.24. The van der Waals surface area contributed by atoms with Crippen LogP contribution in [-0.2, 0) is 12.7 Å². The summed E-state index contributed by atoms with van der Waals surface area (Å²) in [6, 6.07) is 5.77. The van der Waals surface area contributed by atoms with Gasteiger partial charge in [0, 0.05) is 11.8 Å². The molecule has 1 N–H and O–H groups in total. The Morgan fingerprint density at radius 3 is 2.90 bits per heavy atom. The normalized spacial score (nSPS) is 21.8. The number of amidine groups is 1. The zero-order valence-electron chi connectivity index (χ0n) is 11.2. The van der Waals surface area contributed by atoms with Crippen LogP contribution in [-0.4, -0.2) is 17.0 Å². The molecule has 1 aromatic rings. The van der Waals surface area contributed by atoms with E-state index < -0.39 is 11.7 Å². The summed E-state index contributed by atoms with van der Waals surface area (Å²) >= 11 is 1.63. The first-order valence-electron chi connectivity index (χ1n) is 6.59. The van der Waals surface area contributed by atoms with Gasteiger partial charge in [-0.05, 0) is 30.5 Å². The lowest BCUT2D eigenvalue weighted by Crippen LogP contribution is -2.37. The van der Waals surface area contributed by atoms with Crippen LogP contribution in [0.3, 0.4) is 0 Å². The van der Waals surface area contributed by atoms with Crippen LogP contribution in [0.15, 0.2) is 29.3 Å². The first-order chi connectivity index (χ1) is 9.49. The molecule has 0 saturated carbocycles. The maximum atomic E-state index is 12.6. The van der Waals surface area contributed by atoms with Gasteiger partial charge in [-0.3, -0.25) is 4.99 Å². The summed E-state index contributed by atoms with van der Waals surface area (Å²) in [6.07, 6.45) is -2.17. The van der Waals surface area contributed by atoms with Crippen LogP contribution in [0.5, 0.6) is 0 Å². The molecule has 0 radical (unpaired) electrons. The average molecular weight is 302 g/mol. The van der Waals surface area contributed by atoms with Gasteiger partial charge in [0.2, 0.25) is 0 Å².